The van der Waals surface area contributed by atoms with Crippen molar-refractivity contribution in [3.05, 3.63) is 10.4 Å². The van der Waals surface area contributed by atoms with Gasteiger partial charge in [-0.3, -0.25) is 14.4 Å². The number of nitrogens with zero attached hydrogens (tertiary/aromatic N) is 3. The molecule has 0 aliphatic carbocycles. The number of hydrogen-bond donors (Lipinski definition) is 3. The molecule has 0 bridgehead atoms. The first kappa shape index (κ1) is 16.2. The molecule has 9 nitrogen and oxygen atoms in total. The molecule has 0 amide bonds. The Balaban J connectivity index is 5.94. The minimum atomic E-state index is -2.76. The van der Waals surface area contributed by atoms with Crippen LogP contribution >= 0.6 is 0 Å². The van der Waals surface area contributed by atoms with Crippen molar-refractivity contribution in [1.82, 2.24) is 0 Å². The molecule has 18 heavy (non-hydrogen) atoms. The first-order valence-electron chi connectivity index (χ1n) is 4.85. The third kappa shape index (κ3) is 2.71. The van der Waals surface area contributed by atoms with Crippen LogP contribution in [-0.4, -0.2) is 57.0 Å². The standard InChI is InChI=1S/C9H13N3O6/c1-4(14)7(17)9(5(2)15,11-12-10)8(18)6(16)3-13/h6,8,13,16,18H,3H2,1-2H3/t6-,8-,9+/m1/s1. The molecule has 0 saturated carbocycles. The number of ketones is 3. The topological polar surface area (TPSA) is 161 Å². The highest BCUT2D eigenvalue weighted by molar-refractivity contribution is 6.44. The second kappa shape index (κ2) is 6.22. The zero-order valence-electron chi connectivity index (χ0n) is 9.77. The van der Waals surface area contributed by atoms with Crippen LogP contribution in [0.25, 0.3) is 10.4 Å². The van der Waals surface area contributed by atoms with Crippen LogP contribution in [0.2, 0.25) is 0 Å². The van der Waals surface area contributed by atoms with Crippen LogP contribution < -0.4 is 0 Å². The number of rotatable bonds is 7. The van der Waals surface area contributed by atoms with Crippen molar-refractivity contribution in [1.29, 1.82) is 0 Å². The van der Waals surface area contributed by atoms with Gasteiger partial charge in [0.2, 0.25) is 11.3 Å². The fourth-order valence-corrected chi connectivity index (χ4v) is 1.39. The molecule has 3 N–H and O–H groups in total. The number of Topliss-reactive ketones (excluding diaryl/α,β-unsaturated/α-hetero) is 3. The lowest BCUT2D eigenvalue weighted by Gasteiger charge is -2.31. The van der Waals surface area contributed by atoms with Crippen molar-refractivity contribution in [2.75, 3.05) is 6.61 Å². The lowest BCUT2D eigenvalue weighted by molar-refractivity contribution is -0.150. The summed E-state index contributed by atoms with van der Waals surface area (Å²) in [6.07, 6.45) is -4.13. The Bertz CT molecular complexity index is 413. The van der Waals surface area contributed by atoms with Crippen LogP contribution in [0.15, 0.2) is 5.11 Å². The first-order valence-corrected chi connectivity index (χ1v) is 4.85. The highest BCUT2D eigenvalue weighted by atomic mass is 16.4. The van der Waals surface area contributed by atoms with Gasteiger partial charge in [-0.2, -0.15) is 0 Å². The Hall–Kier alpha value is -1.80. The summed E-state index contributed by atoms with van der Waals surface area (Å²) in [5.74, 6) is -3.69. The van der Waals surface area contributed by atoms with E-state index in [1.54, 1.807) is 0 Å². The summed E-state index contributed by atoms with van der Waals surface area (Å²) >= 11 is 0. The van der Waals surface area contributed by atoms with Crippen molar-refractivity contribution in [3.63, 3.8) is 0 Å². The van der Waals surface area contributed by atoms with Crippen molar-refractivity contribution in [2.24, 2.45) is 5.11 Å². The van der Waals surface area contributed by atoms with Gasteiger partial charge < -0.3 is 15.3 Å². The largest absolute Gasteiger partial charge is 0.394 e. The Morgan fingerprint density at radius 3 is 2.11 bits per heavy atom. The molecule has 0 heterocycles. The molecular weight excluding hydrogens is 246 g/mol. The summed E-state index contributed by atoms with van der Waals surface area (Å²) in [4.78, 5) is 36.4. The van der Waals surface area contributed by atoms with Crippen LogP contribution in [0.1, 0.15) is 13.8 Å². The average molecular weight is 259 g/mol. The van der Waals surface area contributed by atoms with Gasteiger partial charge in [-0.25, -0.2) is 0 Å². The lowest BCUT2D eigenvalue weighted by Crippen LogP contribution is -2.60. The van der Waals surface area contributed by atoms with E-state index in [-0.39, 0.29) is 0 Å². The normalized spacial score (nSPS) is 16.9. The van der Waals surface area contributed by atoms with Crippen LogP contribution in [0.3, 0.4) is 0 Å². The molecule has 9 heteroatoms. The van der Waals surface area contributed by atoms with Gasteiger partial charge in [0.05, 0.1) is 6.61 Å². The van der Waals surface area contributed by atoms with Gasteiger partial charge in [0.15, 0.2) is 11.6 Å². The SMILES string of the molecule is CC(=O)C(=O)[C@@](N=[N+]=[N-])(C(C)=O)[C@H](O)[C@H](O)CO. The summed E-state index contributed by atoms with van der Waals surface area (Å²) < 4.78 is 0. The van der Waals surface area contributed by atoms with Crippen LogP contribution in [0.4, 0.5) is 0 Å². The fraction of sp³-hybridized carbons (Fsp3) is 0.667. The maximum atomic E-state index is 11.7. The number of carbonyl (C=O) groups excluding carboxylic acids is 3. The lowest BCUT2D eigenvalue weighted by atomic mass is 9.80. The summed E-state index contributed by atoms with van der Waals surface area (Å²) in [6.45, 7) is 0.663. The molecule has 0 radical (unpaired) electrons. The molecule has 0 aromatic heterocycles. The van der Waals surface area contributed by atoms with Gasteiger partial charge in [0, 0.05) is 11.8 Å². The van der Waals surface area contributed by atoms with Gasteiger partial charge in [-0.05, 0) is 12.5 Å². The predicted molar refractivity (Wildman–Crippen MR) is 57.3 cm³/mol. The van der Waals surface area contributed by atoms with E-state index in [9.17, 15) is 24.6 Å². The number of carbonyl (C=O) groups is 3. The molecule has 0 spiro atoms. The average Bonchev–Trinajstić information content (AvgIpc) is 2.32. The molecular formula is C9H13N3O6. The molecule has 0 aliphatic rings. The van der Waals surface area contributed by atoms with E-state index in [2.05, 4.69) is 10.0 Å². The second-order valence-electron chi connectivity index (χ2n) is 3.59. The summed E-state index contributed by atoms with van der Waals surface area (Å²) in [7, 11) is 0. The van der Waals surface area contributed by atoms with Crippen LogP contribution in [-0.2, 0) is 14.4 Å². The third-order valence-electron chi connectivity index (χ3n) is 2.38. The van der Waals surface area contributed by atoms with Gasteiger partial charge in [0.1, 0.15) is 12.2 Å². The summed E-state index contributed by atoms with van der Waals surface area (Å²) in [5, 5.41) is 30.5. The predicted octanol–water partition coefficient (Wildman–Crippen LogP) is -1.50. The van der Waals surface area contributed by atoms with Gasteiger partial charge in [-0.15, -0.1) is 0 Å². The Morgan fingerprint density at radius 1 is 1.33 bits per heavy atom. The van der Waals surface area contributed by atoms with Crippen LogP contribution in [0, 0.1) is 0 Å². The van der Waals surface area contributed by atoms with Gasteiger partial charge >= 0.3 is 0 Å². The molecule has 0 aliphatic heterocycles. The molecule has 100 valence electrons. The van der Waals surface area contributed by atoms with Crippen molar-refractivity contribution in [2.45, 2.75) is 31.6 Å². The minimum Gasteiger partial charge on any atom is -0.394 e. The maximum absolute atomic E-state index is 11.7. The number of azide groups is 1. The van der Waals surface area contributed by atoms with Gasteiger partial charge in [0.25, 0.3) is 0 Å². The van der Waals surface area contributed by atoms with Crippen LogP contribution in [0.5, 0.6) is 0 Å². The van der Waals surface area contributed by atoms with E-state index in [1.807, 2.05) is 0 Å². The highest BCUT2D eigenvalue weighted by Crippen LogP contribution is 2.23. The summed E-state index contributed by atoms with van der Waals surface area (Å²) in [5.41, 5.74) is 5.61. The maximum Gasteiger partial charge on any atom is 0.220 e. The minimum absolute atomic E-state index is 0.822. The van der Waals surface area contributed by atoms with Crippen molar-refractivity contribution >= 4 is 17.3 Å². The molecule has 0 unspecified atom stereocenters. The highest BCUT2D eigenvalue weighted by Gasteiger charge is 2.53. The molecule has 0 aromatic rings. The second-order valence-corrected chi connectivity index (χ2v) is 3.59. The molecule has 3 atom stereocenters. The Labute approximate surface area is 102 Å². The van der Waals surface area contributed by atoms with E-state index >= 15 is 0 Å². The number of hydrogen-bond acceptors (Lipinski definition) is 7. The van der Waals surface area contributed by atoms with E-state index in [1.165, 1.54) is 0 Å². The smallest absolute Gasteiger partial charge is 0.220 e. The Morgan fingerprint density at radius 2 is 1.83 bits per heavy atom. The number of aliphatic hydroxyl groups is 3. The van der Waals surface area contributed by atoms with Crippen molar-refractivity contribution < 1.29 is 29.7 Å². The molecule has 0 saturated heterocycles. The summed E-state index contributed by atoms with van der Waals surface area (Å²) in [6, 6.07) is 0. The fourth-order valence-electron chi connectivity index (χ4n) is 1.39. The van der Waals surface area contributed by atoms with E-state index in [0.717, 1.165) is 13.8 Å². The van der Waals surface area contributed by atoms with E-state index in [4.69, 9.17) is 10.6 Å². The quantitative estimate of drug-likeness (QED) is 0.166. The molecule has 0 aromatic carbocycles. The third-order valence-corrected chi connectivity index (χ3v) is 2.38. The van der Waals surface area contributed by atoms with Gasteiger partial charge in [-0.1, -0.05) is 5.11 Å². The zero-order valence-corrected chi connectivity index (χ0v) is 9.77. The number of aliphatic hydroxyl groups excluding tert-OH is 3. The van der Waals surface area contributed by atoms with Crippen molar-refractivity contribution in [3.8, 4) is 0 Å². The first-order chi connectivity index (χ1) is 8.25. The van der Waals surface area contributed by atoms with E-state index < -0.39 is 41.7 Å². The molecule has 0 fully saturated rings. The van der Waals surface area contributed by atoms with E-state index in [0.29, 0.717) is 0 Å². The zero-order chi connectivity index (χ0) is 14.5. The molecule has 0 rings (SSSR count). The monoisotopic (exact) mass is 259 g/mol. The Kier molecular flexibility index (Phi) is 5.60.